The average molecular weight is 251 g/mol. The van der Waals surface area contributed by atoms with E-state index in [1.165, 1.54) is 13.2 Å². The van der Waals surface area contributed by atoms with Crippen molar-refractivity contribution < 1.29 is 24.2 Å². The molecule has 2 rings (SSSR count). The molecule has 0 aromatic heterocycles. The van der Waals surface area contributed by atoms with Crippen LogP contribution in [-0.2, 0) is 9.53 Å². The standard InChI is InChI=1S/C12H13NO5/c1-13-6-10(11(14)15)18-9-5-7(12(16)17-2)3-4-8(9)13/h3-5,10H,6H2,1-2H3,(H,14,15). The number of fused-ring (bicyclic) bond motifs is 1. The summed E-state index contributed by atoms with van der Waals surface area (Å²) in [5.41, 5.74) is 1.08. The number of carbonyl (C=O) groups excluding carboxylic acids is 1. The lowest BCUT2D eigenvalue weighted by molar-refractivity contribution is -0.144. The number of nitrogens with zero attached hydrogens (tertiary/aromatic N) is 1. The fraction of sp³-hybridized carbons (Fsp3) is 0.333. The van der Waals surface area contributed by atoms with Crippen LogP contribution in [0.15, 0.2) is 18.2 Å². The third-order valence-electron chi connectivity index (χ3n) is 2.78. The van der Waals surface area contributed by atoms with Crippen LogP contribution in [0.5, 0.6) is 5.75 Å². The normalized spacial score (nSPS) is 17.7. The number of carboxylic acids is 1. The van der Waals surface area contributed by atoms with Crippen LogP contribution in [0.3, 0.4) is 0 Å². The molecule has 96 valence electrons. The molecule has 1 aliphatic heterocycles. The number of carbonyl (C=O) groups is 2. The highest BCUT2D eigenvalue weighted by Gasteiger charge is 2.29. The molecule has 1 atom stereocenters. The number of hydrogen-bond donors (Lipinski definition) is 1. The Morgan fingerprint density at radius 1 is 1.50 bits per heavy atom. The maximum Gasteiger partial charge on any atom is 0.346 e. The number of esters is 1. The van der Waals surface area contributed by atoms with E-state index in [4.69, 9.17) is 9.84 Å². The van der Waals surface area contributed by atoms with Gasteiger partial charge in [0.1, 0.15) is 5.75 Å². The highest BCUT2D eigenvalue weighted by Crippen LogP contribution is 2.33. The predicted molar refractivity (Wildman–Crippen MR) is 63.1 cm³/mol. The van der Waals surface area contributed by atoms with Crippen LogP contribution >= 0.6 is 0 Å². The van der Waals surface area contributed by atoms with Crippen molar-refractivity contribution in [3.8, 4) is 5.75 Å². The Balaban J connectivity index is 2.36. The van der Waals surface area contributed by atoms with Crippen molar-refractivity contribution in [2.24, 2.45) is 0 Å². The zero-order valence-electron chi connectivity index (χ0n) is 10.0. The average Bonchev–Trinajstić information content (AvgIpc) is 2.36. The van der Waals surface area contributed by atoms with Crippen molar-refractivity contribution in [3.63, 3.8) is 0 Å². The van der Waals surface area contributed by atoms with E-state index in [9.17, 15) is 9.59 Å². The largest absolute Gasteiger partial charge is 0.478 e. The van der Waals surface area contributed by atoms with Gasteiger partial charge in [0.05, 0.1) is 24.9 Å². The number of aliphatic carboxylic acids is 1. The zero-order valence-corrected chi connectivity index (χ0v) is 10.0. The summed E-state index contributed by atoms with van der Waals surface area (Å²) in [4.78, 5) is 24.1. The van der Waals surface area contributed by atoms with Crippen molar-refractivity contribution in [3.05, 3.63) is 23.8 Å². The molecule has 0 fully saturated rings. The van der Waals surface area contributed by atoms with Gasteiger partial charge in [0.15, 0.2) is 0 Å². The minimum Gasteiger partial charge on any atom is -0.478 e. The maximum absolute atomic E-state index is 11.4. The number of anilines is 1. The first-order chi connectivity index (χ1) is 8.52. The van der Waals surface area contributed by atoms with Gasteiger partial charge in [0.2, 0.25) is 6.10 Å². The Kier molecular flexibility index (Phi) is 3.10. The second-order valence-electron chi connectivity index (χ2n) is 4.00. The van der Waals surface area contributed by atoms with Crippen LogP contribution in [0.2, 0.25) is 0 Å². The minimum atomic E-state index is -1.03. The smallest absolute Gasteiger partial charge is 0.346 e. The van der Waals surface area contributed by atoms with E-state index in [1.807, 2.05) is 0 Å². The molecular weight excluding hydrogens is 238 g/mol. The van der Waals surface area contributed by atoms with Gasteiger partial charge in [-0.05, 0) is 18.2 Å². The highest BCUT2D eigenvalue weighted by atomic mass is 16.5. The molecule has 0 radical (unpaired) electrons. The monoisotopic (exact) mass is 251 g/mol. The molecule has 6 heteroatoms. The molecule has 1 N–H and O–H groups in total. The second-order valence-corrected chi connectivity index (χ2v) is 4.00. The van der Waals surface area contributed by atoms with Crippen LogP contribution in [0.4, 0.5) is 5.69 Å². The first kappa shape index (κ1) is 12.2. The summed E-state index contributed by atoms with van der Waals surface area (Å²) in [6.07, 6.45) is -0.935. The van der Waals surface area contributed by atoms with Crippen molar-refractivity contribution >= 4 is 17.6 Å². The summed E-state index contributed by atoms with van der Waals surface area (Å²) in [5.74, 6) is -1.14. The molecule has 0 spiro atoms. The highest BCUT2D eigenvalue weighted by molar-refractivity contribution is 5.91. The lowest BCUT2D eigenvalue weighted by atomic mass is 10.1. The number of carboxylic acid groups (broad SMARTS) is 1. The summed E-state index contributed by atoms with van der Waals surface area (Å²) in [6, 6.07) is 4.82. The minimum absolute atomic E-state index is 0.264. The number of ether oxygens (including phenoxy) is 2. The number of likely N-dealkylation sites (N-methyl/N-ethyl adjacent to an activating group) is 1. The van der Waals surface area contributed by atoms with Gasteiger partial charge in [-0.1, -0.05) is 0 Å². The van der Waals surface area contributed by atoms with E-state index >= 15 is 0 Å². The summed E-state index contributed by atoms with van der Waals surface area (Å²) < 4.78 is 9.95. The van der Waals surface area contributed by atoms with E-state index in [0.717, 1.165) is 5.69 Å². The van der Waals surface area contributed by atoms with E-state index < -0.39 is 18.0 Å². The van der Waals surface area contributed by atoms with Gasteiger partial charge in [-0.3, -0.25) is 0 Å². The molecular formula is C12H13NO5. The number of hydrogen-bond acceptors (Lipinski definition) is 5. The summed E-state index contributed by atoms with van der Waals surface area (Å²) >= 11 is 0. The van der Waals surface area contributed by atoms with E-state index in [2.05, 4.69) is 4.74 Å². The van der Waals surface area contributed by atoms with Crippen LogP contribution in [0.25, 0.3) is 0 Å². The Bertz CT molecular complexity index is 499. The SMILES string of the molecule is COC(=O)c1ccc2c(c1)OC(C(=O)O)CN2C. The third-order valence-corrected chi connectivity index (χ3v) is 2.78. The fourth-order valence-electron chi connectivity index (χ4n) is 1.83. The molecule has 1 unspecified atom stereocenters. The topological polar surface area (TPSA) is 76.1 Å². The van der Waals surface area contributed by atoms with Gasteiger partial charge in [0, 0.05) is 7.05 Å². The molecule has 1 aliphatic rings. The lowest BCUT2D eigenvalue weighted by Gasteiger charge is -2.31. The third kappa shape index (κ3) is 2.09. The Hall–Kier alpha value is -2.24. The summed E-state index contributed by atoms with van der Waals surface area (Å²) in [7, 11) is 3.06. The molecule has 0 saturated heterocycles. The van der Waals surface area contributed by atoms with Crippen molar-refractivity contribution in [1.29, 1.82) is 0 Å². The van der Waals surface area contributed by atoms with Gasteiger partial charge >= 0.3 is 11.9 Å². The van der Waals surface area contributed by atoms with Crippen LogP contribution < -0.4 is 9.64 Å². The molecule has 0 aliphatic carbocycles. The molecule has 1 aromatic carbocycles. The number of rotatable bonds is 2. The van der Waals surface area contributed by atoms with Crippen molar-refractivity contribution in [2.45, 2.75) is 6.10 Å². The second kappa shape index (κ2) is 4.56. The quantitative estimate of drug-likeness (QED) is 0.782. The molecule has 0 bridgehead atoms. The molecule has 1 aromatic rings. The molecule has 6 nitrogen and oxygen atoms in total. The van der Waals surface area contributed by atoms with Crippen LogP contribution in [0, 0.1) is 0 Å². The van der Waals surface area contributed by atoms with Crippen LogP contribution in [0.1, 0.15) is 10.4 Å². The van der Waals surface area contributed by atoms with Gasteiger partial charge in [-0.15, -0.1) is 0 Å². The van der Waals surface area contributed by atoms with Gasteiger partial charge < -0.3 is 19.5 Å². The first-order valence-electron chi connectivity index (χ1n) is 5.36. The van der Waals surface area contributed by atoms with Crippen LogP contribution in [-0.4, -0.2) is 43.9 Å². The van der Waals surface area contributed by atoms with Crippen molar-refractivity contribution in [2.75, 3.05) is 25.6 Å². The Labute approximate surface area is 104 Å². The van der Waals surface area contributed by atoms with Crippen molar-refractivity contribution in [1.82, 2.24) is 0 Å². The van der Waals surface area contributed by atoms with E-state index in [-0.39, 0.29) is 6.54 Å². The number of benzene rings is 1. The summed E-state index contributed by atoms with van der Waals surface area (Å²) in [5, 5.41) is 8.96. The van der Waals surface area contributed by atoms with Gasteiger partial charge in [-0.25, -0.2) is 9.59 Å². The fourth-order valence-corrected chi connectivity index (χ4v) is 1.83. The molecule has 0 amide bonds. The predicted octanol–water partition coefficient (Wildman–Crippen LogP) is 0.755. The van der Waals surface area contributed by atoms with Gasteiger partial charge in [0.25, 0.3) is 0 Å². The maximum atomic E-state index is 11.4. The number of methoxy groups -OCH3 is 1. The molecule has 0 saturated carbocycles. The van der Waals surface area contributed by atoms with E-state index in [0.29, 0.717) is 11.3 Å². The summed E-state index contributed by atoms with van der Waals surface area (Å²) in [6.45, 7) is 0.264. The molecule has 18 heavy (non-hydrogen) atoms. The van der Waals surface area contributed by atoms with Gasteiger partial charge in [-0.2, -0.15) is 0 Å². The Morgan fingerprint density at radius 2 is 2.22 bits per heavy atom. The first-order valence-corrected chi connectivity index (χ1v) is 5.36. The zero-order chi connectivity index (χ0) is 13.3. The molecule has 1 heterocycles. The lowest BCUT2D eigenvalue weighted by Crippen LogP contribution is -2.42. The Morgan fingerprint density at radius 3 is 2.83 bits per heavy atom. The van der Waals surface area contributed by atoms with E-state index in [1.54, 1.807) is 24.1 Å².